The zero-order valence-corrected chi connectivity index (χ0v) is 19.9. The van der Waals surface area contributed by atoms with E-state index in [9.17, 15) is 4.79 Å². The third-order valence-corrected chi connectivity index (χ3v) is 7.36. The van der Waals surface area contributed by atoms with Crippen LogP contribution in [0.15, 0.2) is 47.0 Å². The summed E-state index contributed by atoms with van der Waals surface area (Å²) >= 11 is 0. The maximum atomic E-state index is 13.6. The highest BCUT2D eigenvalue weighted by atomic mass is 16.5. The molecule has 1 fully saturated rings. The molecule has 0 saturated carbocycles. The Bertz CT molecular complexity index is 1150. The minimum Gasteiger partial charge on any atom is -0.497 e. The molecule has 0 radical (unpaired) electrons. The van der Waals surface area contributed by atoms with Gasteiger partial charge in [0.05, 0.1) is 12.8 Å². The summed E-state index contributed by atoms with van der Waals surface area (Å²) < 4.78 is 10.8. The van der Waals surface area contributed by atoms with Crippen LogP contribution in [0.3, 0.4) is 0 Å². The Morgan fingerprint density at radius 1 is 1.09 bits per heavy atom. The lowest BCUT2D eigenvalue weighted by Crippen LogP contribution is -2.45. The van der Waals surface area contributed by atoms with E-state index in [1.807, 2.05) is 24.0 Å². The molecule has 2 aliphatic rings. The molecule has 33 heavy (non-hydrogen) atoms. The van der Waals surface area contributed by atoms with Gasteiger partial charge in [0, 0.05) is 24.2 Å². The van der Waals surface area contributed by atoms with Crippen LogP contribution in [0, 0.1) is 20.8 Å². The van der Waals surface area contributed by atoms with Crippen LogP contribution in [0.5, 0.6) is 5.75 Å². The molecule has 1 amide bonds. The van der Waals surface area contributed by atoms with Gasteiger partial charge in [-0.25, -0.2) is 0 Å². The number of rotatable bonds is 4. The number of nitrogens with zero attached hydrogens (tertiary/aromatic N) is 3. The van der Waals surface area contributed by atoms with E-state index in [0.29, 0.717) is 23.6 Å². The molecule has 6 heteroatoms. The fraction of sp³-hybridized carbons (Fsp3) is 0.407. The Balaban J connectivity index is 1.41. The summed E-state index contributed by atoms with van der Waals surface area (Å²) in [5.41, 5.74) is 5.98. The Labute approximate surface area is 195 Å². The fourth-order valence-corrected chi connectivity index (χ4v) is 5.40. The molecule has 0 bridgehead atoms. The molecular weight excluding hydrogens is 414 g/mol. The Hall–Kier alpha value is -3.12. The predicted molar refractivity (Wildman–Crippen MR) is 128 cm³/mol. The molecule has 1 aromatic heterocycles. The van der Waals surface area contributed by atoms with E-state index in [0.717, 1.165) is 43.9 Å². The normalized spacial score (nSPS) is 17.4. The number of carbonyl (C=O) groups excluding carboxylic acids is 1. The van der Waals surface area contributed by atoms with Crippen molar-refractivity contribution in [1.82, 2.24) is 10.1 Å². The summed E-state index contributed by atoms with van der Waals surface area (Å²) in [6.45, 7) is 9.39. The Kier molecular flexibility index (Phi) is 5.49. The number of fused-ring (bicyclic) bond motifs is 2. The Morgan fingerprint density at radius 3 is 2.45 bits per heavy atom. The zero-order chi connectivity index (χ0) is 23.2. The average molecular weight is 446 g/mol. The highest BCUT2D eigenvalue weighted by molar-refractivity contribution is 6.09. The number of piperidine rings is 1. The Morgan fingerprint density at radius 2 is 1.82 bits per heavy atom. The maximum absolute atomic E-state index is 13.6. The summed E-state index contributed by atoms with van der Waals surface area (Å²) in [4.78, 5) is 18.1. The summed E-state index contributed by atoms with van der Waals surface area (Å²) in [6.07, 6.45) is 2.01. The molecule has 1 saturated heterocycles. The first-order valence-electron chi connectivity index (χ1n) is 11.6. The third-order valence-electron chi connectivity index (χ3n) is 7.36. The SMILES string of the molecule is COc1ccc2c(c1)C1(CCN(Cc3ccc(C)cc3)CC1)CN2C(=O)c1c(C)noc1C. The number of amides is 1. The van der Waals surface area contributed by atoms with Gasteiger partial charge in [-0.05, 0) is 76.0 Å². The van der Waals surface area contributed by atoms with Crippen molar-refractivity contribution in [1.29, 1.82) is 0 Å². The highest BCUT2D eigenvalue weighted by Gasteiger charge is 2.47. The maximum Gasteiger partial charge on any atom is 0.263 e. The van der Waals surface area contributed by atoms with Gasteiger partial charge in [-0.15, -0.1) is 0 Å². The minimum absolute atomic E-state index is 0.0309. The topological polar surface area (TPSA) is 58.8 Å². The molecule has 0 unspecified atom stereocenters. The van der Waals surface area contributed by atoms with Gasteiger partial charge in [-0.2, -0.15) is 0 Å². The van der Waals surface area contributed by atoms with E-state index in [4.69, 9.17) is 9.26 Å². The van der Waals surface area contributed by atoms with E-state index in [1.165, 1.54) is 16.7 Å². The van der Waals surface area contributed by atoms with Crippen LogP contribution >= 0.6 is 0 Å². The number of likely N-dealkylation sites (tertiary alicyclic amines) is 1. The van der Waals surface area contributed by atoms with Crippen molar-refractivity contribution >= 4 is 11.6 Å². The van der Waals surface area contributed by atoms with E-state index in [1.54, 1.807) is 14.0 Å². The number of aromatic nitrogens is 1. The number of hydrogen-bond donors (Lipinski definition) is 0. The number of anilines is 1. The van der Waals surface area contributed by atoms with Crippen LogP contribution in [-0.2, 0) is 12.0 Å². The average Bonchev–Trinajstić information content (AvgIpc) is 3.33. The lowest BCUT2D eigenvalue weighted by atomic mass is 9.74. The quantitative estimate of drug-likeness (QED) is 0.577. The molecular formula is C27H31N3O3. The van der Waals surface area contributed by atoms with E-state index >= 15 is 0 Å². The van der Waals surface area contributed by atoms with Gasteiger partial charge in [0.25, 0.3) is 5.91 Å². The lowest BCUT2D eigenvalue weighted by Gasteiger charge is -2.40. The number of benzene rings is 2. The molecule has 3 heterocycles. The second kappa shape index (κ2) is 8.34. The van der Waals surface area contributed by atoms with Crippen LogP contribution in [0.25, 0.3) is 0 Å². The van der Waals surface area contributed by atoms with Gasteiger partial charge in [-0.3, -0.25) is 9.69 Å². The van der Waals surface area contributed by atoms with Crippen molar-refractivity contribution in [2.45, 2.75) is 45.6 Å². The van der Waals surface area contributed by atoms with Crippen molar-refractivity contribution < 1.29 is 14.1 Å². The van der Waals surface area contributed by atoms with Gasteiger partial charge in [-0.1, -0.05) is 35.0 Å². The van der Waals surface area contributed by atoms with Crippen LogP contribution in [-0.4, -0.2) is 42.7 Å². The van der Waals surface area contributed by atoms with Crippen molar-refractivity contribution in [2.75, 3.05) is 31.6 Å². The standard InChI is InChI=1S/C27H31N3O3/c1-18-5-7-21(8-6-18)16-29-13-11-27(12-14-29)17-30(24-10-9-22(32-4)15-23(24)27)26(31)25-19(2)28-33-20(25)3/h5-10,15H,11-14,16-17H2,1-4H3. The number of methoxy groups -OCH3 is 1. The van der Waals surface area contributed by atoms with E-state index in [2.05, 4.69) is 47.3 Å². The first kappa shape index (κ1) is 21.7. The molecule has 0 aliphatic carbocycles. The molecule has 5 rings (SSSR count). The summed E-state index contributed by atoms with van der Waals surface area (Å²) in [6, 6.07) is 14.9. The molecule has 1 spiro atoms. The van der Waals surface area contributed by atoms with Crippen LogP contribution in [0.4, 0.5) is 5.69 Å². The number of carbonyl (C=O) groups is 1. The number of ether oxygens (including phenoxy) is 1. The van der Waals surface area contributed by atoms with Crippen LogP contribution < -0.4 is 9.64 Å². The van der Waals surface area contributed by atoms with Crippen molar-refractivity contribution in [3.63, 3.8) is 0 Å². The molecule has 172 valence electrons. The second-order valence-corrected chi connectivity index (χ2v) is 9.52. The molecule has 0 atom stereocenters. The van der Waals surface area contributed by atoms with Crippen molar-refractivity contribution in [3.8, 4) is 5.75 Å². The highest BCUT2D eigenvalue weighted by Crippen LogP contribution is 2.49. The van der Waals surface area contributed by atoms with E-state index < -0.39 is 0 Å². The van der Waals surface area contributed by atoms with E-state index in [-0.39, 0.29) is 11.3 Å². The molecule has 2 aromatic carbocycles. The fourth-order valence-electron chi connectivity index (χ4n) is 5.40. The molecule has 2 aliphatic heterocycles. The third kappa shape index (κ3) is 3.82. The molecule has 0 N–H and O–H groups in total. The smallest absolute Gasteiger partial charge is 0.263 e. The van der Waals surface area contributed by atoms with Gasteiger partial charge in [0.2, 0.25) is 0 Å². The van der Waals surface area contributed by atoms with Gasteiger partial charge >= 0.3 is 0 Å². The zero-order valence-electron chi connectivity index (χ0n) is 19.9. The van der Waals surface area contributed by atoms with Gasteiger partial charge in [0.1, 0.15) is 17.1 Å². The summed E-state index contributed by atoms with van der Waals surface area (Å²) in [7, 11) is 1.69. The summed E-state index contributed by atoms with van der Waals surface area (Å²) in [5.74, 6) is 1.37. The first-order valence-corrected chi connectivity index (χ1v) is 11.6. The lowest BCUT2D eigenvalue weighted by molar-refractivity contribution is 0.0973. The molecule has 3 aromatic rings. The number of hydrogen-bond acceptors (Lipinski definition) is 5. The number of aryl methyl sites for hydroxylation is 3. The first-order chi connectivity index (χ1) is 15.9. The second-order valence-electron chi connectivity index (χ2n) is 9.52. The van der Waals surface area contributed by atoms with Crippen molar-refractivity contribution in [2.24, 2.45) is 0 Å². The predicted octanol–water partition coefficient (Wildman–Crippen LogP) is 4.80. The minimum atomic E-state index is -0.0672. The summed E-state index contributed by atoms with van der Waals surface area (Å²) in [5, 5.41) is 4.00. The van der Waals surface area contributed by atoms with Gasteiger partial charge < -0.3 is 14.2 Å². The van der Waals surface area contributed by atoms with Crippen molar-refractivity contribution in [3.05, 3.63) is 76.2 Å². The van der Waals surface area contributed by atoms with Gasteiger partial charge in [0.15, 0.2) is 0 Å². The monoisotopic (exact) mass is 445 g/mol. The van der Waals surface area contributed by atoms with Crippen LogP contribution in [0.2, 0.25) is 0 Å². The largest absolute Gasteiger partial charge is 0.497 e. The van der Waals surface area contributed by atoms with Crippen LogP contribution in [0.1, 0.15) is 51.3 Å². The molecule has 6 nitrogen and oxygen atoms in total.